The molecule has 17 heavy (non-hydrogen) atoms. The van der Waals surface area contributed by atoms with E-state index in [1.54, 1.807) is 11.3 Å². The van der Waals surface area contributed by atoms with E-state index in [0.29, 0.717) is 5.88 Å². The molecule has 3 aromatic rings. The van der Waals surface area contributed by atoms with Crippen LogP contribution in [-0.2, 0) is 0 Å². The van der Waals surface area contributed by atoms with Crippen molar-refractivity contribution in [2.75, 3.05) is 0 Å². The highest BCUT2D eigenvalue weighted by atomic mass is 79.9. The van der Waals surface area contributed by atoms with Gasteiger partial charge in [-0.15, -0.1) is 11.3 Å². The molecule has 0 radical (unpaired) electrons. The van der Waals surface area contributed by atoms with Crippen molar-refractivity contribution in [2.45, 2.75) is 0 Å². The highest BCUT2D eigenvalue weighted by Crippen LogP contribution is 2.35. The van der Waals surface area contributed by atoms with E-state index in [0.717, 1.165) is 20.4 Å². The van der Waals surface area contributed by atoms with Gasteiger partial charge in [-0.2, -0.15) is 0 Å². The lowest BCUT2D eigenvalue weighted by atomic mass is 10.3. The molecule has 0 atom stereocenters. The van der Waals surface area contributed by atoms with Gasteiger partial charge >= 0.3 is 0 Å². The van der Waals surface area contributed by atoms with Gasteiger partial charge in [-0.3, -0.25) is 0 Å². The van der Waals surface area contributed by atoms with Crippen LogP contribution in [0.5, 0.6) is 11.6 Å². The Balaban J connectivity index is 2.06. The summed E-state index contributed by atoms with van der Waals surface area (Å²) < 4.78 is 7.66. The Kier molecular flexibility index (Phi) is 2.78. The molecular formula is C12H7BrN2OS. The summed E-state index contributed by atoms with van der Waals surface area (Å²) in [4.78, 5) is 8.39. The second-order valence-corrected chi connectivity index (χ2v) is 5.09. The first kappa shape index (κ1) is 10.7. The average Bonchev–Trinajstić information content (AvgIpc) is 2.74. The summed E-state index contributed by atoms with van der Waals surface area (Å²) in [6.07, 6.45) is 1.51. The van der Waals surface area contributed by atoms with Crippen molar-refractivity contribution in [2.24, 2.45) is 0 Å². The SMILES string of the molecule is Brc1csc2c(Oc3ccccc3)ncnc12. The van der Waals surface area contributed by atoms with Crippen LogP contribution in [0, 0.1) is 0 Å². The van der Waals surface area contributed by atoms with Crippen molar-refractivity contribution in [3.63, 3.8) is 0 Å². The number of hydrogen-bond acceptors (Lipinski definition) is 4. The lowest BCUT2D eigenvalue weighted by Crippen LogP contribution is -1.88. The van der Waals surface area contributed by atoms with E-state index in [2.05, 4.69) is 25.9 Å². The monoisotopic (exact) mass is 306 g/mol. The first-order chi connectivity index (χ1) is 8.34. The fraction of sp³-hybridized carbons (Fsp3) is 0. The van der Waals surface area contributed by atoms with Crippen LogP contribution in [0.4, 0.5) is 0 Å². The summed E-state index contributed by atoms with van der Waals surface area (Å²) in [6, 6.07) is 9.60. The molecule has 1 aromatic carbocycles. The number of halogens is 1. The molecule has 0 bridgehead atoms. The minimum atomic E-state index is 0.594. The predicted octanol–water partition coefficient (Wildman–Crippen LogP) is 4.25. The fourth-order valence-corrected chi connectivity index (χ4v) is 2.99. The Morgan fingerprint density at radius 3 is 2.76 bits per heavy atom. The summed E-state index contributed by atoms with van der Waals surface area (Å²) in [5, 5.41) is 1.98. The van der Waals surface area contributed by atoms with E-state index in [1.165, 1.54) is 6.33 Å². The molecule has 0 saturated heterocycles. The first-order valence-electron chi connectivity index (χ1n) is 4.95. The molecule has 84 valence electrons. The summed E-state index contributed by atoms with van der Waals surface area (Å²) in [6.45, 7) is 0. The quantitative estimate of drug-likeness (QED) is 0.710. The van der Waals surface area contributed by atoms with Gasteiger partial charge in [0.1, 0.15) is 22.3 Å². The smallest absolute Gasteiger partial charge is 0.240 e. The third-order valence-corrected chi connectivity index (χ3v) is 4.10. The standard InChI is InChI=1S/C12H7BrN2OS/c13-9-6-17-11-10(9)14-7-15-12(11)16-8-4-2-1-3-5-8/h1-7H. The second kappa shape index (κ2) is 4.43. The zero-order chi connectivity index (χ0) is 11.7. The van der Waals surface area contributed by atoms with Crippen LogP contribution in [0.2, 0.25) is 0 Å². The van der Waals surface area contributed by atoms with Crippen molar-refractivity contribution in [1.82, 2.24) is 9.97 Å². The predicted molar refractivity (Wildman–Crippen MR) is 71.6 cm³/mol. The largest absolute Gasteiger partial charge is 0.437 e. The number of ether oxygens (including phenoxy) is 1. The minimum absolute atomic E-state index is 0.594. The highest BCUT2D eigenvalue weighted by Gasteiger charge is 2.10. The topological polar surface area (TPSA) is 35.0 Å². The molecule has 0 fully saturated rings. The zero-order valence-electron chi connectivity index (χ0n) is 8.63. The molecule has 0 aliphatic heterocycles. The number of benzene rings is 1. The highest BCUT2D eigenvalue weighted by molar-refractivity contribution is 9.10. The number of para-hydroxylation sites is 1. The molecule has 3 rings (SSSR count). The van der Waals surface area contributed by atoms with Crippen molar-refractivity contribution in [3.05, 3.63) is 46.5 Å². The van der Waals surface area contributed by atoms with Crippen LogP contribution in [0.3, 0.4) is 0 Å². The summed E-state index contributed by atoms with van der Waals surface area (Å²) >= 11 is 5.01. The van der Waals surface area contributed by atoms with Crippen LogP contribution in [0.1, 0.15) is 0 Å². The second-order valence-electron chi connectivity index (χ2n) is 3.36. The molecule has 2 aromatic heterocycles. The maximum Gasteiger partial charge on any atom is 0.240 e. The van der Waals surface area contributed by atoms with Gasteiger partial charge in [0.15, 0.2) is 0 Å². The maximum absolute atomic E-state index is 5.74. The fourth-order valence-electron chi connectivity index (χ4n) is 1.47. The number of rotatable bonds is 2. The van der Waals surface area contributed by atoms with Gasteiger partial charge in [0.2, 0.25) is 5.88 Å². The van der Waals surface area contributed by atoms with E-state index in [4.69, 9.17) is 4.74 Å². The molecule has 0 unspecified atom stereocenters. The lowest BCUT2D eigenvalue weighted by molar-refractivity contribution is 0.469. The molecule has 2 heterocycles. The van der Waals surface area contributed by atoms with E-state index in [-0.39, 0.29) is 0 Å². The van der Waals surface area contributed by atoms with Crippen molar-refractivity contribution in [3.8, 4) is 11.6 Å². The van der Waals surface area contributed by atoms with Gasteiger partial charge < -0.3 is 4.74 Å². The van der Waals surface area contributed by atoms with Gasteiger partial charge in [0, 0.05) is 5.38 Å². The molecule has 5 heteroatoms. The molecule has 3 nitrogen and oxygen atoms in total. The molecule has 0 spiro atoms. The Morgan fingerprint density at radius 2 is 1.94 bits per heavy atom. The number of hydrogen-bond donors (Lipinski definition) is 0. The van der Waals surface area contributed by atoms with Crippen LogP contribution >= 0.6 is 27.3 Å². The van der Waals surface area contributed by atoms with Crippen LogP contribution < -0.4 is 4.74 Å². The molecular weight excluding hydrogens is 300 g/mol. The normalized spacial score (nSPS) is 10.6. The van der Waals surface area contributed by atoms with Crippen molar-refractivity contribution in [1.29, 1.82) is 0 Å². The number of nitrogens with zero attached hydrogens (tertiary/aromatic N) is 2. The third kappa shape index (κ3) is 2.03. The number of fused-ring (bicyclic) bond motifs is 1. The van der Waals surface area contributed by atoms with Crippen molar-refractivity contribution < 1.29 is 4.74 Å². The first-order valence-corrected chi connectivity index (χ1v) is 6.62. The van der Waals surface area contributed by atoms with Gasteiger partial charge in [-0.1, -0.05) is 18.2 Å². The Bertz CT molecular complexity index is 654. The minimum Gasteiger partial charge on any atom is -0.437 e. The van der Waals surface area contributed by atoms with E-state index < -0.39 is 0 Å². The van der Waals surface area contributed by atoms with Crippen LogP contribution in [0.25, 0.3) is 10.2 Å². The van der Waals surface area contributed by atoms with Gasteiger partial charge in [-0.25, -0.2) is 9.97 Å². The van der Waals surface area contributed by atoms with Gasteiger partial charge in [0.25, 0.3) is 0 Å². The van der Waals surface area contributed by atoms with E-state index in [1.807, 2.05) is 35.7 Å². The van der Waals surface area contributed by atoms with Gasteiger partial charge in [0.05, 0.1) is 4.47 Å². The van der Waals surface area contributed by atoms with Gasteiger partial charge in [-0.05, 0) is 28.1 Å². The Morgan fingerprint density at radius 1 is 1.12 bits per heavy atom. The zero-order valence-corrected chi connectivity index (χ0v) is 11.0. The molecule has 0 saturated carbocycles. The maximum atomic E-state index is 5.74. The number of aromatic nitrogens is 2. The van der Waals surface area contributed by atoms with Crippen LogP contribution in [-0.4, -0.2) is 9.97 Å². The number of thiophene rings is 1. The van der Waals surface area contributed by atoms with Crippen LogP contribution in [0.15, 0.2) is 46.5 Å². The van der Waals surface area contributed by atoms with E-state index >= 15 is 0 Å². The summed E-state index contributed by atoms with van der Waals surface area (Å²) in [7, 11) is 0. The molecule has 0 amide bonds. The van der Waals surface area contributed by atoms with E-state index in [9.17, 15) is 0 Å². The molecule has 0 aliphatic carbocycles. The Hall–Kier alpha value is -1.46. The lowest BCUT2D eigenvalue weighted by Gasteiger charge is -2.04. The molecule has 0 N–H and O–H groups in total. The van der Waals surface area contributed by atoms with Crippen molar-refractivity contribution >= 4 is 37.5 Å². The summed E-state index contributed by atoms with van der Waals surface area (Å²) in [5.74, 6) is 1.37. The summed E-state index contributed by atoms with van der Waals surface area (Å²) in [5.41, 5.74) is 0.885. The Labute approximate surface area is 110 Å². The third-order valence-electron chi connectivity index (χ3n) is 2.24. The average molecular weight is 307 g/mol. The molecule has 0 aliphatic rings.